The Balaban J connectivity index is 1.62. The van der Waals surface area contributed by atoms with Crippen LogP contribution in [-0.4, -0.2) is 30.6 Å². The summed E-state index contributed by atoms with van der Waals surface area (Å²) in [4.78, 5) is 23.7. The van der Waals surface area contributed by atoms with Crippen LogP contribution >= 0.6 is 0 Å². The third-order valence-electron chi connectivity index (χ3n) is 6.09. The number of hydrogen-bond donors (Lipinski definition) is 3. The molecule has 0 radical (unpaired) electrons. The number of carbonyl (C=O) groups excluding carboxylic acids is 1. The van der Waals surface area contributed by atoms with Gasteiger partial charge in [0.25, 0.3) is 0 Å². The second-order valence-electron chi connectivity index (χ2n) is 8.50. The molecule has 1 aliphatic carbocycles. The molecular formula is C29H27FN2O4. The standard InChI is InChI=1S/C29H27FN2O4/c1-18-23(12-20-8-11-26(27(13-20)36-2)31-17-29(34)35)22-10-9-21(30)14-25(22)24(18)15-28(33)32-16-19-6-4-3-5-7-19/h3-14,31H,15-17H2,1-2H3,(H,32,33)(H,34,35)/b23-12-. The van der Waals surface area contributed by atoms with E-state index in [1.165, 1.54) is 19.2 Å². The van der Waals surface area contributed by atoms with E-state index in [2.05, 4.69) is 10.6 Å². The van der Waals surface area contributed by atoms with Gasteiger partial charge in [-0.05, 0) is 76.2 Å². The van der Waals surface area contributed by atoms with E-state index in [0.29, 0.717) is 23.5 Å². The third-order valence-corrected chi connectivity index (χ3v) is 6.09. The van der Waals surface area contributed by atoms with Gasteiger partial charge in [0.2, 0.25) is 5.91 Å². The Morgan fingerprint density at radius 1 is 1.03 bits per heavy atom. The lowest BCUT2D eigenvalue weighted by molar-refractivity contribution is -0.135. The van der Waals surface area contributed by atoms with Crippen LogP contribution < -0.4 is 15.4 Å². The first-order valence-corrected chi connectivity index (χ1v) is 11.5. The van der Waals surface area contributed by atoms with E-state index in [9.17, 15) is 14.0 Å². The van der Waals surface area contributed by atoms with E-state index in [1.807, 2.05) is 49.4 Å². The third kappa shape index (κ3) is 5.63. The molecule has 0 saturated heterocycles. The predicted octanol–water partition coefficient (Wildman–Crippen LogP) is 5.37. The number of rotatable bonds is 9. The summed E-state index contributed by atoms with van der Waals surface area (Å²) in [5.74, 6) is -0.968. The molecule has 3 aromatic carbocycles. The number of carboxylic acids is 1. The molecule has 6 nitrogen and oxygen atoms in total. The summed E-state index contributed by atoms with van der Waals surface area (Å²) < 4.78 is 19.6. The highest BCUT2D eigenvalue weighted by Crippen LogP contribution is 2.44. The van der Waals surface area contributed by atoms with Gasteiger partial charge in [-0.15, -0.1) is 0 Å². The summed E-state index contributed by atoms with van der Waals surface area (Å²) in [7, 11) is 1.52. The number of nitrogens with one attached hydrogen (secondary N) is 2. The van der Waals surface area contributed by atoms with Crippen LogP contribution in [-0.2, 0) is 16.1 Å². The molecule has 36 heavy (non-hydrogen) atoms. The molecule has 0 unspecified atom stereocenters. The van der Waals surface area contributed by atoms with Crippen LogP contribution in [0.2, 0.25) is 0 Å². The zero-order valence-electron chi connectivity index (χ0n) is 20.1. The van der Waals surface area contributed by atoms with Crippen LogP contribution in [0.15, 0.2) is 72.3 Å². The Bertz CT molecular complexity index is 1360. The number of methoxy groups -OCH3 is 1. The molecule has 7 heteroatoms. The van der Waals surface area contributed by atoms with Crippen molar-refractivity contribution in [1.29, 1.82) is 0 Å². The van der Waals surface area contributed by atoms with E-state index in [-0.39, 0.29) is 24.7 Å². The van der Waals surface area contributed by atoms with E-state index in [1.54, 1.807) is 18.2 Å². The molecule has 0 spiro atoms. The monoisotopic (exact) mass is 486 g/mol. The molecule has 3 N–H and O–H groups in total. The number of carbonyl (C=O) groups is 2. The van der Waals surface area contributed by atoms with E-state index < -0.39 is 5.97 Å². The van der Waals surface area contributed by atoms with Gasteiger partial charge < -0.3 is 20.5 Å². The van der Waals surface area contributed by atoms with Crippen LogP contribution in [0.5, 0.6) is 5.75 Å². The number of allylic oxidation sites excluding steroid dienone is 2. The summed E-state index contributed by atoms with van der Waals surface area (Å²) in [6.07, 6.45) is 2.10. The highest BCUT2D eigenvalue weighted by molar-refractivity contribution is 6.08. The lowest BCUT2D eigenvalue weighted by atomic mass is 10.00. The molecule has 0 bridgehead atoms. The summed E-state index contributed by atoms with van der Waals surface area (Å²) in [6.45, 7) is 2.13. The molecule has 1 amide bonds. The zero-order valence-corrected chi connectivity index (χ0v) is 20.1. The number of ether oxygens (including phenoxy) is 1. The summed E-state index contributed by atoms with van der Waals surface area (Å²) in [5, 5.41) is 14.7. The normalized spacial score (nSPS) is 13.5. The molecular weight excluding hydrogens is 459 g/mol. The Morgan fingerprint density at radius 2 is 1.81 bits per heavy atom. The van der Waals surface area contributed by atoms with Crippen molar-refractivity contribution in [3.05, 3.63) is 100 Å². The van der Waals surface area contributed by atoms with Crippen molar-refractivity contribution < 1.29 is 23.8 Å². The van der Waals surface area contributed by atoms with E-state index >= 15 is 0 Å². The number of anilines is 1. The minimum atomic E-state index is -0.973. The second-order valence-corrected chi connectivity index (χ2v) is 8.50. The van der Waals surface area contributed by atoms with Gasteiger partial charge in [0.15, 0.2) is 0 Å². The van der Waals surface area contributed by atoms with Gasteiger partial charge in [-0.2, -0.15) is 0 Å². The predicted molar refractivity (Wildman–Crippen MR) is 139 cm³/mol. The molecule has 184 valence electrons. The molecule has 0 atom stereocenters. The van der Waals surface area contributed by atoms with Gasteiger partial charge in [0, 0.05) is 6.54 Å². The summed E-state index contributed by atoms with van der Waals surface area (Å²) in [5.41, 5.74) is 6.54. The second kappa shape index (κ2) is 10.9. The van der Waals surface area contributed by atoms with E-state index in [0.717, 1.165) is 33.4 Å². The molecule has 0 saturated carbocycles. The van der Waals surface area contributed by atoms with Crippen LogP contribution in [0.1, 0.15) is 35.6 Å². The summed E-state index contributed by atoms with van der Waals surface area (Å²) >= 11 is 0. The Kier molecular flexibility index (Phi) is 7.49. The Hall–Kier alpha value is -4.39. The maximum Gasteiger partial charge on any atom is 0.322 e. The summed E-state index contributed by atoms with van der Waals surface area (Å²) in [6, 6.07) is 19.7. The topological polar surface area (TPSA) is 87.7 Å². The average molecular weight is 487 g/mol. The minimum absolute atomic E-state index is 0.133. The van der Waals surface area contributed by atoms with Crippen molar-refractivity contribution in [2.75, 3.05) is 19.0 Å². The molecule has 1 aliphatic rings. The number of fused-ring (bicyclic) bond motifs is 1. The van der Waals surface area contributed by atoms with Crippen molar-refractivity contribution in [1.82, 2.24) is 5.32 Å². The first kappa shape index (κ1) is 24.7. The fourth-order valence-electron chi connectivity index (χ4n) is 4.28. The van der Waals surface area contributed by atoms with Crippen molar-refractivity contribution in [3.8, 4) is 5.75 Å². The van der Waals surface area contributed by atoms with Crippen molar-refractivity contribution >= 4 is 34.8 Å². The van der Waals surface area contributed by atoms with Gasteiger partial charge in [-0.1, -0.05) is 42.5 Å². The maximum absolute atomic E-state index is 14.2. The van der Waals surface area contributed by atoms with Crippen molar-refractivity contribution in [2.45, 2.75) is 19.9 Å². The Morgan fingerprint density at radius 3 is 2.53 bits per heavy atom. The fraction of sp³-hybridized carbons (Fsp3) is 0.172. The smallest absolute Gasteiger partial charge is 0.322 e. The van der Waals surface area contributed by atoms with Gasteiger partial charge in [-0.3, -0.25) is 9.59 Å². The van der Waals surface area contributed by atoms with Crippen LogP contribution in [0.25, 0.3) is 17.2 Å². The largest absolute Gasteiger partial charge is 0.495 e. The number of carboxylic acid groups (broad SMARTS) is 1. The minimum Gasteiger partial charge on any atom is -0.495 e. The first-order valence-electron chi connectivity index (χ1n) is 11.5. The molecule has 0 fully saturated rings. The average Bonchev–Trinajstić information content (AvgIpc) is 3.12. The first-order chi connectivity index (χ1) is 17.4. The van der Waals surface area contributed by atoms with E-state index in [4.69, 9.17) is 9.84 Å². The van der Waals surface area contributed by atoms with Crippen molar-refractivity contribution in [3.63, 3.8) is 0 Å². The van der Waals surface area contributed by atoms with Gasteiger partial charge in [-0.25, -0.2) is 4.39 Å². The van der Waals surface area contributed by atoms with Crippen molar-refractivity contribution in [2.24, 2.45) is 0 Å². The zero-order chi connectivity index (χ0) is 25.7. The quantitative estimate of drug-likeness (QED) is 0.379. The lowest BCUT2D eigenvalue weighted by Crippen LogP contribution is -2.22. The van der Waals surface area contributed by atoms with Gasteiger partial charge in [0.1, 0.15) is 18.1 Å². The molecule has 3 aromatic rings. The number of aliphatic carboxylic acids is 1. The molecule has 4 rings (SSSR count). The number of halogens is 1. The van der Waals surface area contributed by atoms with Crippen LogP contribution in [0.4, 0.5) is 10.1 Å². The maximum atomic E-state index is 14.2. The molecule has 0 heterocycles. The highest BCUT2D eigenvalue weighted by Gasteiger charge is 2.26. The van der Waals surface area contributed by atoms with Crippen LogP contribution in [0, 0.1) is 5.82 Å². The molecule has 0 aliphatic heterocycles. The molecule has 0 aromatic heterocycles. The number of amides is 1. The van der Waals surface area contributed by atoms with Crippen LogP contribution in [0.3, 0.4) is 0 Å². The fourth-order valence-corrected chi connectivity index (χ4v) is 4.28. The number of benzene rings is 3. The number of hydrogen-bond acceptors (Lipinski definition) is 4. The lowest BCUT2D eigenvalue weighted by Gasteiger charge is -2.11. The Labute approximate surface area is 209 Å². The van der Waals surface area contributed by atoms with Gasteiger partial charge >= 0.3 is 5.97 Å². The SMILES string of the molecule is COc1cc(/C=C2/C(C)=C(CC(=O)NCc3ccccc3)c3cc(F)ccc32)ccc1NCC(=O)O. The van der Waals surface area contributed by atoms with Gasteiger partial charge in [0.05, 0.1) is 19.2 Å². The highest BCUT2D eigenvalue weighted by atomic mass is 19.1.